The molecule has 3 heteroatoms. The summed E-state index contributed by atoms with van der Waals surface area (Å²) in [5.41, 5.74) is 7.24. The second-order valence-corrected chi connectivity index (χ2v) is 5.99. The first-order chi connectivity index (χ1) is 9.10. The second-order valence-electron chi connectivity index (χ2n) is 5.13. The monoisotopic (exact) mass is 327 g/mol. The molecule has 0 radical (unpaired) electrons. The summed E-state index contributed by atoms with van der Waals surface area (Å²) in [7, 11) is 0. The largest absolute Gasteiger partial charge is 0.492 e. The van der Waals surface area contributed by atoms with Crippen LogP contribution >= 0.6 is 15.9 Å². The van der Waals surface area contributed by atoms with Gasteiger partial charge in [0.15, 0.2) is 0 Å². The molecule has 1 atom stereocenters. The molecule has 0 aliphatic carbocycles. The summed E-state index contributed by atoms with van der Waals surface area (Å²) in [6.07, 6.45) is 4.25. The maximum atomic E-state index is 5.98. The summed E-state index contributed by atoms with van der Waals surface area (Å²) in [6.45, 7) is 7.33. The van der Waals surface area contributed by atoms with Gasteiger partial charge in [-0.2, -0.15) is 0 Å². The summed E-state index contributed by atoms with van der Waals surface area (Å²) in [6, 6.07) is 6.52. The molecule has 0 spiro atoms. The number of ether oxygens (including phenoxy) is 1. The van der Waals surface area contributed by atoms with E-state index in [1.54, 1.807) is 0 Å². The molecule has 2 N–H and O–H groups in total. The van der Waals surface area contributed by atoms with Gasteiger partial charge < -0.3 is 10.5 Å². The standard InChI is InChI=1S/C16H26BrNO/c1-4-12(5-2)11-19-16-8-7-13(10-15(16)17)9-14(18)6-3/h7-8,10,12,14H,4-6,9,11,18H2,1-3H3. The maximum Gasteiger partial charge on any atom is 0.133 e. The van der Waals surface area contributed by atoms with Crippen molar-refractivity contribution in [2.75, 3.05) is 6.61 Å². The van der Waals surface area contributed by atoms with E-state index < -0.39 is 0 Å². The van der Waals surface area contributed by atoms with Gasteiger partial charge in [-0.1, -0.05) is 39.7 Å². The third kappa shape index (κ3) is 5.53. The first-order valence-electron chi connectivity index (χ1n) is 7.27. The van der Waals surface area contributed by atoms with Gasteiger partial charge >= 0.3 is 0 Å². The highest BCUT2D eigenvalue weighted by Gasteiger charge is 2.08. The lowest BCUT2D eigenvalue weighted by atomic mass is 10.0. The first-order valence-corrected chi connectivity index (χ1v) is 8.06. The molecular formula is C16H26BrNO. The van der Waals surface area contributed by atoms with Gasteiger partial charge in [0.2, 0.25) is 0 Å². The Morgan fingerprint density at radius 3 is 2.37 bits per heavy atom. The molecule has 0 amide bonds. The highest BCUT2D eigenvalue weighted by molar-refractivity contribution is 9.10. The van der Waals surface area contributed by atoms with Crippen molar-refractivity contribution >= 4 is 15.9 Å². The van der Waals surface area contributed by atoms with Crippen LogP contribution in [-0.2, 0) is 6.42 Å². The van der Waals surface area contributed by atoms with Crippen LogP contribution < -0.4 is 10.5 Å². The lowest BCUT2D eigenvalue weighted by Gasteiger charge is -2.16. The lowest BCUT2D eigenvalue weighted by molar-refractivity contribution is 0.239. The van der Waals surface area contributed by atoms with E-state index in [-0.39, 0.29) is 6.04 Å². The summed E-state index contributed by atoms with van der Waals surface area (Å²) in [5.74, 6) is 1.57. The van der Waals surface area contributed by atoms with E-state index in [0.29, 0.717) is 5.92 Å². The SMILES string of the molecule is CCC(N)Cc1ccc(OCC(CC)CC)c(Br)c1. The Bertz CT molecular complexity index is 377. The topological polar surface area (TPSA) is 35.2 Å². The van der Waals surface area contributed by atoms with Crippen molar-refractivity contribution in [3.8, 4) is 5.75 Å². The number of hydrogen-bond donors (Lipinski definition) is 1. The molecule has 0 heterocycles. The third-order valence-corrected chi connectivity index (χ3v) is 4.27. The van der Waals surface area contributed by atoms with Crippen molar-refractivity contribution in [2.24, 2.45) is 11.7 Å². The molecular weight excluding hydrogens is 302 g/mol. The van der Waals surface area contributed by atoms with E-state index in [9.17, 15) is 0 Å². The van der Waals surface area contributed by atoms with E-state index >= 15 is 0 Å². The van der Waals surface area contributed by atoms with E-state index in [1.165, 1.54) is 5.56 Å². The van der Waals surface area contributed by atoms with Crippen LogP contribution in [0.5, 0.6) is 5.75 Å². The van der Waals surface area contributed by atoms with Crippen molar-refractivity contribution in [2.45, 2.75) is 52.5 Å². The Balaban J connectivity index is 2.61. The minimum atomic E-state index is 0.239. The molecule has 0 aromatic heterocycles. The Labute approximate surface area is 125 Å². The predicted molar refractivity (Wildman–Crippen MR) is 85.7 cm³/mol. The highest BCUT2D eigenvalue weighted by Crippen LogP contribution is 2.27. The van der Waals surface area contributed by atoms with Crippen LogP contribution in [0.25, 0.3) is 0 Å². The average Bonchev–Trinajstić information content (AvgIpc) is 2.41. The number of benzene rings is 1. The zero-order chi connectivity index (χ0) is 14.3. The van der Waals surface area contributed by atoms with Crippen molar-refractivity contribution in [1.29, 1.82) is 0 Å². The third-order valence-electron chi connectivity index (χ3n) is 3.65. The number of halogens is 1. The first kappa shape index (κ1) is 16.5. The van der Waals surface area contributed by atoms with Crippen LogP contribution in [0.3, 0.4) is 0 Å². The Morgan fingerprint density at radius 1 is 1.16 bits per heavy atom. The van der Waals surface area contributed by atoms with Gasteiger partial charge in [-0.15, -0.1) is 0 Å². The molecule has 0 saturated heterocycles. The van der Waals surface area contributed by atoms with Crippen LogP contribution in [0.15, 0.2) is 22.7 Å². The number of hydrogen-bond acceptors (Lipinski definition) is 2. The molecule has 1 aromatic rings. The molecule has 0 bridgehead atoms. The van der Waals surface area contributed by atoms with Crippen molar-refractivity contribution in [3.63, 3.8) is 0 Å². The van der Waals surface area contributed by atoms with E-state index in [2.05, 4.69) is 48.8 Å². The van der Waals surface area contributed by atoms with E-state index in [4.69, 9.17) is 10.5 Å². The van der Waals surface area contributed by atoms with Gasteiger partial charge in [0.25, 0.3) is 0 Å². The fraction of sp³-hybridized carbons (Fsp3) is 0.625. The van der Waals surface area contributed by atoms with Crippen LogP contribution in [0.1, 0.15) is 45.6 Å². The van der Waals surface area contributed by atoms with E-state index in [0.717, 1.165) is 42.5 Å². The normalized spacial score (nSPS) is 12.7. The van der Waals surface area contributed by atoms with Gasteiger partial charge in [0, 0.05) is 6.04 Å². The fourth-order valence-corrected chi connectivity index (χ4v) is 2.51. The molecule has 0 aliphatic heterocycles. The summed E-state index contributed by atoms with van der Waals surface area (Å²) in [5, 5.41) is 0. The summed E-state index contributed by atoms with van der Waals surface area (Å²) >= 11 is 3.59. The number of nitrogens with two attached hydrogens (primary N) is 1. The van der Waals surface area contributed by atoms with Crippen molar-refractivity contribution < 1.29 is 4.74 Å². The van der Waals surface area contributed by atoms with Crippen molar-refractivity contribution in [1.82, 2.24) is 0 Å². The molecule has 1 unspecified atom stereocenters. The zero-order valence-electron chi connectivity index (χ0n) is 12.3. The average molecular weight is 328 g/mol. The van der Waals surface area contributed by atoms with Gasteiger partial charge in [-0.3, -0.25) is 0 Å². The Hall–Kier alpha value is -0.540. The summed E-state index contributed by atoms with van der Waals surface area (Å²) in [4.78, 5) is 0. The van der Waals surface area contributed by atoms with Gasteiger partial charge in [0.05, 0.1) is 11.1 Å². The molecule has 0 saturated carbocycles. The second kappa shape index (κ2) is 8.60. The maximum absolute atomic E-state index is 5.98. The van der Waals surface area contributed by atoms with Crippen LogP contribution in [0.2, 0.25) is 0 Å². The molecule has 1 aromatic carbocycles. The summed E-state index contributed by atoms with van der Waals surface area (Å²) < 4.78 is 6.92. The fourth-order valence-electron chi connectivity index (χ4n) is 1.97. The van der Waals surface area contributed by atoms with Crippen LogP contribution in [-0.4, -0.2) is 12.6 Å². The van der Waals surface area contributed by atoms with Gasteiger partial charge in [-0.25, -0.2) is 0 Å². The predicted octanol–water partition coefficient (Wildman–Crippen LogP) is 4.54. The quantitative estimate of drug-likeness (QED) is 0.760. The molecule has 0 aliphatic rings. The van der Waals surface area contributed by atoms with Gasteiger partial charge in [0.1, 0.15) is 5.75 Å². The van der Waals surface area contributed by atoms with E-state index in [1.807, 2.05) is 6.07 Å². The van der Waals surface area contributed by atoms with Gasteiger partial charge in [-0.05, 0) is 52.4 Å². The number of rotatable bonds is 8. The van der Waals surface area contributed by atoms with Crippen LogP contribution in [0.4, 0.5) is 0 Å². The minimum Gasteiger partial charge on any atom is -0.492 e. The molecule has 19 heavy (non-hydrogen) atoms. The van der Waals surface area contributed by atoms with Crippen molar-refractivity contribution in [3.05, 3.63) is 28.2 Å². The highest BCUT2D eigenvalue weighted by atomic mass is 79.9. The minimum absolute atomic E-state index is 0.239. The molecule has 108 valence electrons. The molecule has 1 rings (SSSR count). The smallest absolute Gasteiger partial charge is 0.133 e. The molecule has 0 fully saturated rings. The Kier molecular flexibility index (Phi) is 7.47. The lowest BCUT2D eigenvalue weighted by Crippen LogP contribution is -2.21. The Morgan fingerprint density at radius 2 is 1.84 bits per heavy atom. The van der Waals surface area contributed by atoms with Crippen LogP contribution in [0, 0.1) is 5.92 Å². The zero-order valence-corrected chi connectivity index (χ0v) is 13.9. The molecule has 2 nitrogen and oxygen atoms in total.